The zero-order chi connectivity index (χ0) is 14.3. The van der Waals surface area contributed by atoms with Gasteiger partial charge in [0.25, 0.3) is 0 Å². The molecule has 0 bridgehead atoms. The number of ether oxygens (including phenoxy) is 1. The second-order valence-corrected chi connectivity index (χ2v) is 5.32. The van der Waals surface area contributed by atoms with Gasteiger partial charge in [-0.3, -0.25) is 10.1 Å². The van der Waals surface area contributed by atoms with Crippen molar-refractivity contribution < 1.29 is 9.66 Å². The van der Waals surface area contributed by atoms with Crippen molar-refractivity contribution in [1.82, 2.24) is 5.32 Å². The lowest BCUT2D eigenvalue weighted by atomic mass is 10.2. The Morgan fingerprint density at radius 1 is 1.53 bits per heavy atom. The second kappa shape index (κ2) is 8.12. The van der Waals surface area contributed by atoms with Gasteiger partial charge in [0.05, 0.1) is 16.0 Å². The Balaban J connectivity index is 2.59. The highest BCUT2D eigenvalue weighted by molar-refractivity contribution is 9.10. The molecular weight excluding hydrogens is 312 g/mol. The maximum atomic E-state index is 10.9. The summed E-state index contributed by atoms with van der Waals surface area (Å²) in [4.78, 5) is 10.5. The molecule has 0 saturated carbocycles. The van der Waals surface area contributed by atoms with Gasteiger partial charge in [0.1, 0.15) is 0 Å². The molecule has 0 amide bonds. The number of nitro benzene ring substituents is 1. The number of nitro groups is 1. The molecule has 1 unspecified atom stereocenters. The van der Waals surface area contributed by atoms with Crippen molar-refractivity contribution in [3.05, 3.63) is 32.8 Å². The van der Waals surface area contributed by atoms with Crippen molar-refractivity contribution in [2.24, 2.45) is 5.92 Å². The third-order valence-corrected chi connectivity index (χ3v) is 3.20. The van der Waals surface area contributed by atoms with Crippen molar-refractivity contribution in [3.63, 3.8) is 0 Å². The fourth-order valence-corrected chi connectivity index (χ4v) is 2.06. The number of nitrogens with zero attached hydrogens (tertiary/aromatic N) is 1. The summed E-state index contributed by atoms with van der Waals surface area (Å²) >= 11 is 3.28. The van der Waals surface area contributed by atoms with Crippen LogP contribution in [0.1, 0.15) is 20.3 Å². The van der Waals surface area contributed by atoms with Gasteiger partial charge in [0.15, 0.2) is 0 Å². The van der Waals surface area contributed by atoms with Crippen LogP contribution in [0.3, 0.4) is 0 Å². The first-order chi connectivity index (χ1) is 9.06. The van der Waals surface area contributed by atoms with E-state index < -0.39 is 4.92 Å². The smallest absolute Gasteiger partial charge is 0.312 e. The van der Waals surface area contributed by atoms with Crippen molar-refractivity contribution in [2.75, 3.05) is 19.7 Å². The van der Waals surface area contributed by atoms with E-state index in [9.17, 15) is 10.1 Å². The molecule has 1 atom stereocenters. The van der Waals surface area contributed by atoms with Gasteiger partial charge in [-0.1, -0.05) is 19.9 Å². The first kappa shape index (κ1) is 15.9. The Morgan fingerprint density at radius 3 is 2.89 bits per heavy atom. The minimum atomic E-state index is -0.430. The summed E-state index contributed by atoms with van der Waals surface area (Å²) in [6, 6.07) is 4.81. The molecule has 1 aromatic rings. The molecular formula is C13H19BrN2O3. The molecule has 19 heavy (non-hydrogen) atoms. The standard InChI is InChI=1S/C13H19BrN2O3/c1-3-7-15-8-10(2)9-19-13-11(14)5-4-6-12(13)16(17)18/h4-6,10,15H,3,7-9H2,1-2H3. The maximum Gasteiger partial charge on any atom is 0.312 e. The van der Waals surface area contributed by atoms with Gasteiger partial charge < -0.3 is 10.1 Å². The predicted octanol–water partition coefficient (Wildman–Crippen LogP) is 3.37. The molecule has 0 aromatic heterocycles. The zero-order valence-electron chi connectivity index (χ0n) is 11.2. The molecule has 0 fully saturated rings. The molecule has 1 N–H and O–H groups in total. The van der Waals surface area contributed by atoms with E-state index in [1.165, 1.54) is 6.07 Å². The molecule has 0 saturated heterocycles. The van der Waals surface area contributed by atoms with Crippen LogP contribution in [-0.2, 0) is 0 Å². The molecule has 0 spiro atoms. The minimum Gasteiger partial charge on any atom is -0.486 e. The fraction of sp³-hybridized carbons (Fsp3) is 0.538. The van der Waals surface area contributed by atoms with Gasteiger partial charge in [0.2, 0.25) is 5.75 Å². The Hall–Kier alpha value is -1.14. The highest BCUT2D eigenvalue weighted by Crippen LogP contribution is 2.34. The molecule has 0 heterocycles. The summed E-state index contributed by atoms with van der Waals surface area (Å²) in [6.45, 7) is 6.41. The van der Waals surface area contributed by atoms with Gasteiger partial charge in [-0.25, -0.2) is 0 Å². The fourth-order valence-electron chi connectivity index (χ4n) is 1.59. The lowest BCUT2D eigenvalue weighted by molar-refractivity contribution is -0.386. The molecule has 106 valence electrons. The Kier molecular flexibility index (Phi) is 6.80. The summed E-state index contributed by atoms with van der Waals surface area (Å²) in [7, 11) is 0. The summed E-state index contributed by atoms with van der Waals surface area (Å²) in [5.41, 5.74) is -0.0110. The highest BCUT2D eigenvalue weighted by Gasteiger charge is 2.18. The van der Waals surface area contributed by atoms with Crippen LogP contribution in [0.2, 0.25) is 0 Å². The largest absolute Gasteiger partial charge is 0.486 e. The monoisotopic (exact) mass is 330 g/mol. The van der Waals surface area contributed by atoms with Crippen molar-refractivity contribution in [3.8, 4) is 5.75 Å². The van der Waals surface area contributed by atoms with E-state index in [1.807, 2.05) is 6.92 Å². The molecule has 5 nitrogen and oxygen atoms in total. The van der Waals surface area contributed by atoms with Crippen LogP contribution in [0.15, 0.2) is 22.7 Å². The van der Waals surface area contributed by atoms with Crippen LogP contribution in [0, 0.1) is 16.0 Å². The minimum absolute atomic E-state index is 0.0110. The zero-order valence-corrected chi connectivity index (χ0v) is 12.8. The summed E-state index contributed by atoms with van der Waals surface area (Å²) in [5.74, 6) is 0.591. The lowest BCUT2D eigenvalue weighted by Crippen LogP contribution is -2.25. The number of hydrogen-bond acceptors (Lipinski definition) is 4. The van der Waals surface area contributed by atoms with E-state index in [-0.39, 0.29) is 5.69 Å². The number of hydrogen-bond donors (Lipinski definition) is 1. The van der Waals surface area contributed by atoms with Crippen molar-refractivity contribution in [2.45, 2.75) is 20.3 Å². The summed E-state index contributed by atoms with van der Waals surface area (Å²) < 4.78 is 6.20. The van der Waals surface area contributed by atoms with Gasteiger partial charge in [0, 0.05) is 18.5 Å². The topological polar surface area (TPSA) is 64.4 Å². The molecule has 0 aliphatic rings. The molecule has 1 rings (SSSR count). The highest BCUT2D eigenvalue weighted by atomic mass is 79.9. The lowest BCUT2D eigenvalue weighted by Gasteiger charge is -2.14. The molecule has 0 aliphatic heterocycles. The van der Waals surface area contributed by atoms with Crippen LogP contribution in [0.25, 0.3) is 0 Å². The van der Waals surface area contributed by atoms with E-state index in [0.29, 0.717) is 22.7 Å². The predicted molar refractivity (Wildman–Crippen MR) is 78.6 cm³/mol. The Bertz CT molecular complexity index is 426. The van der Waals surface area contributed by atoms with E-state index in [2.05, 4.69) is 28.2 Å². The van der Waals surface area contributed by atoms with Crippen LogP contribution >= 0.6 is 15.9 Å². The van der Waals surface area contributed by atoms with Gasteiger partial charge in [-0.05, 0) is 35.0 Å². The molecule has 0 aliphatic carbocycles. The third kappa shape index (κ3) is 5.16. The van der Waals surface area contributed by atoms with Crippen molar-refractivity contribution in [1.29, 1.82) is 0 Å². The summed E-state index contributed by atoms with van der Waals surface area (Å²) in [6.07, 6.45) is 1.09. The van der Waals surface area contributed by atoms with E-state index in [0.717, 1.165) is 19.5 Å². The Morgan fingerprint density at radius 2 is 2.26 bits per heavy atom. The van der Waals surface area contributed by atoms with E-state index >= 15 is 0 Å². The second-order valence-electron chi connectivity index (χ2n) is 4.47. The van der Waals surface area contributed by atoms with E-state index in [1.54, 1.807) is 12.1 Å². The normalized spacial score (nSPS) is 12.2. The van der Waals surface area contributed by atoms with Gasteiger partial charge in [-0.2, -0.15) is 0 Å². The van der Waals surface area contributed by atoms with Crippen LogP contribution in [0.5, 0.6) is 5.75 Å². The molecule has 1 aromatic carbocycles. The van der Waals surface area contributed by atoms with Gasteiger partial charge >= 0.3 is 5.69 Å². The maximum absolute atomic E-state index is 10.9. The first-order valence-corrected chi connectivity index (χ1v) is 7.12. The SMILES string of the molecule is CCCNCC(C)COc1c(Br)cccc1[N+](=O)[O-]. The van der Waals surface area contributed by atoms with Crippen molar-refractivity contribution >= 4 is 21.6 Å². The third-order valence-electron chi connectivity index (χ3n) is 2.57. The molecule has 0 radical (unpaired) electrons. The Labute approximate surface area is 121 Å². The average Bonchev–Trinajstić information content (AvgIpc) is 2.37. The number of para-hydroxylation sites is 1. The van der Waals surface area contributed by atoms with Gasteiger partial charge in [-0.15, -0.1) is 0 Å². The quantitative estimate of drug-likeness (QED) is 0.451. The van der Waals surface area contributed by atoms with Crippen LogP contribution < -0.4 is 10.1 Å². The first-order valence-electron chi connectivity index (χ1n) is 6.32. The number of benzene rings is 1. The van der Waals surface area contributed by atoms with E-state index in [4.69, 9.17) is 4.74 Å². The molecule has 6 heteroatoms. The summed E-state index contributed by atoms with van der Waals surface area (Å²) in [5, 5.41) is 14.2. The number of rotatable bonds is 8. The van der Waals surface area contributed by atoms with Crippen LogP contribution in [-0.4, -0.2) is 24.6 Å². The number of halogens is 1. The number of nitrogens with one attached hydrogen (secondary N) is 1. The average molecular weight is 331 g/mol. The van der Waals surface area contributed by atoms with Crippen LogP contribution in [0.4, 0.5) is 5.69 Å².